The Labute approximate surface area is 258 Å². The Morgan fingerprint density at radius 3 is 1.25 bits per heavy atom. The summed E-state index contributed by atoms with van der Waals surface area (Å²) in [5, 5.41) is 70.3. The lowest BCUT2D eigenvalue weighted by Gasteiger charge is -2.43. The number of carboxylic acid groups (broad SMARTS) is 4. The van der Waals surface area contributed by atoms with Crippen LogP contribution in [0.5, 0.6) is 0 Å². The molecule has 44 heavy (non-hydrogen) atoms. The number of nitrogens with zero attached hydrogens (tertiary/aromatic N) is 1. The molecule has 1 aromatic rings. The number of aliphatic carboxylic acids is 4. The normalized spacial score (nSPS) is 18.8. The van der Waals surface area contributed by atoms with E-state index < -0.39 is 54.8 Å². The second-order valence-electron chi connectivity index (χ2n) is 11.0. The minimum absolute atomic E-state index is 0.102. The summed E-state index contributed by atoms with van der Waals surface area (Å²) in [6.07, 6.45) is -3.81. The van der Waals surface area contributed by atoms with Gasteiger partial charge in [-0.1, -0.05) is 85.7 Å². The molecule has 1 heterocycles. The number of hydrogen-bond acceptors (Lipinski definition) is 9. The highest BCUT2D eigenvalue weighted by Gasteiger charge is 2.42. The van der Waals surface area contributed by atoms with Crippen molar-refractivity contribution in [1.82, 2.24) is 4.90 Å². The summed E-state index contributed by atoms with van der Waals surface area (Å²) < 4.78 is 0. The molecule has 0 radical (unpaired) electrons. The number of amides is 1. The van der Waals surface area contributed by atoms with Gasteiger partial charge in [0.25, 0.3) is 0 Å². The highest BCUT2D eigenvalue weighted by atomic mass is 16.4. The van der Waals surface area contributed by atoms with Gasteiger partial charge in [0.15, 0.2) is 0 Å². The van der Waals surface area contributed by atoms with Crippen LogP contribution in [0.1, 0.15) is 61.0 Å². The molecule has 0 bridgehead atoms. The van der Waals surface area contributed by atoms with Crippen LogP contribution in [0.15, 0.2) is 30.3 Å². The zero-order valence-corrected chi connectivity index (χ0v) is 26.7. The molecule has 14 heteroatoms. The highest BCUT2D eigenvalue weighted by molar-refractivity contribution is 5.79. The van der Waals surface area contributed by atoms with E-state index in [1.54, 1.807) is 67.5 Å². The number of piperidine rings is 1. The first-order chi connectivity index (χ1) is 20.1. The zero-order valence-electron chi connectivity index (χ0n) is 26.7. The van der Waals surface area contributed by atoms with E-state index in [2.05, 4.69) is 0 Å². The van der Waals surface area contributed by atoms with Gasteiger partial charge in [-0.15, -0.1) is 0 Å². The molecule has 1 saturated heterocycles. The van der Waals surface area contributed by atoms with Crippen molar-refractivity contribution in [3.63, 3.8) is 0 Å². The van der Waals surface area contributed by atoms with Gasteiger partial charge in [-0.25, -0.2) is 0 Å². The third-order valence-corrected chi connectivity index (χ3v) is 5.60. The second-order valence-corrected chi connectivity index (χ2v) is 11.0. The summed E-state index contributed by atoms with van der Waals surface area (Å²) in [5.41, 5.74) is 0.810. The van der Waals surface area contributed by atoms with Crippen molar-refractivity contribution in [1.29, 1.82) is 0 Å². The predicted molar refractivity (Wildman–Crippen MR) is 161 cm³/mol. The van der Waals surface area contributed by atoms with E-state index in [0.29, 0.717) is 0 Å². The molecule has 1 aliphatic rings. The SMILES string of the molecule is CC(C)C(=O)O.CC(C)C(=O)O.CC(C)C(=O)O.CC(C)C(=O)O.O=C(Cc1ccccc1)N1C[C@H](O)[C@@H](O)[C@H](O)C1CO. The first kappa shape index (κ1) is 44.8. The molecule has 254 valence electrons. The van der Waals surface area contributed by atoms with E-state index in [1.165, 1.54) is 4.90 Å². The van der Waals surface area contributed by atoms with Crippen molar-refractivity contribution in [3.8, 4) is 0 Å². The van der Waals surface area contributed by atoms with E-state index in [0.717, 1.165) is 5.56 Å². The summed E-state index contributed by atoms with van der Waals surface area (Å²) in [7, 11) is 0. The fourth-order valence-electron chi connectivity index (χ4n) is 2.45. The lowest BCUT2D eigenvalue weighted by molar-refractivity contribution is -0.165. The summed E-state index contributed by atoms with van der Waals surface area (Å²) in [4.78, 5) is 52.3. The molecule has 4 atom stereocenters. The average molecular weight is 634 g/mol. The summed E-state index contributed by atoms with van der Waals surface area (Å²) in [6, 6.07) is 8.18. The van der Waals surface area contributed by atoms with E-state index in [1.807, 2.05) is 18.2 Å². The number of aliphatic hydroxyl groups is 4. The maximum atomic E-state index is 12.2. The summed E-state index contributed by atoms with van der Waals surface area (Å²) >= 11 is 0. The van der Waals surface area contributed by atoms with Crippen LogP contribution in [0.25, 0.3) is 0 Å². The zero-order chi connectivity index (χ0) is 35.3. The Morgan fingerprint density at radius 2 is 0.977 bits per heavy atom. The Morgan fingerprint density at radius 1 is 0.659 bits per heavy atom. The van der Waals surface area contributed by atoms with Crippen LogP contribution in [-0.2, 0) is 30.4 Å². The molecule has 8 N–H and O–H groups in total. The maximum Gasteiger partial charge on any atom is 0.305 e. The van der Waals surface area contributed by atoms with Gasteiger partial charge in [-0.2, -0.15) is 0 Å². The van der Waals surface area contributed by atoms with Crippen LogP contribution in [0.2, 0.25) is 0 Å². The van der Waals surface area contributed by atoms with Crippen LogP contribution in [-0.4, -0.2) is 113 Å². The fourth-order valence-corrected chi connectivity index (χ4v) is 2.45. The van der Waals surface area contributed by atoms with Crippen molar-refractivity contribution in [2.24, 2.45) is 23.7 Å². The molecule has 1 aliphatic heterocycles. The molecule has 14 nitrogen and oxygen atoms in total. The Balaban J connectivity index is -0.000000575. The monoisotopic (exact) mass is 633 g/mol. The standard InChI is InChI=1S/C14H19NO5.4C4H8O2/c16-8-10-13(19)14(20)11(17)7-15(10)12(18)6-9-4-2-1-3-5-9;4*1-3(2)4(5)6/h1-5,10-11,13-14,16-17,19-20H,6-8H2;4*3H,1-2H3,(H,5,6)/t10?,11-,13+,14+;;;;/m0..../s1. The van der Waals surface area contributed by atoms with Crippen molar-refractivity contribution in [3.05, 3.63) is 35.9 Å². The van der Waals surface area contributed by atoms with Crippen molar-refractivity contribution in [2.45, 2.75) is 86.2 Å². The lowest BCUT2D eigenvalue weighted by Crippen LogP contribution is -2.64. The van der Waals surface area contributed by atoms with Crippen molar-refractivity contribution in [2.75, 3.05) is 13.2 Å². The third-order valence-electron chi connectivity index (χ3n) is 5.60. The largest absolute Gasteiger partial charge is 0.481 e. The van der Waals surface area contributed by atoms with Gasteiger partial charge in [0.2, 0.25) is 5.91 Å². The van der Waals surface area contributed by atoms with Crippen LogP contribution >= 0.6 is 0 Å². The molecule has 2 rings (SSSR count). The number of benzene rings is 1. The molecule has 0 saturated carbocycles. The minimum atomic E-state index is -1.36. The van der Waals surface area contributed by atoms with Gasteiger partial charge in [-0.05, 0) is 5.56 Å². The quantitative estimate of drug-likeness (QED) is 0.212. The predicted octanol–water partition coefficient (Wildman–Crippen LogP) is 1.42. The Kier molecular flexibility index (Phi) is 24.3. The number of carboxylic acids is 4. The van der Waals surface area contributed by atoms with E-state index >= 15 is 0 Å². The molecule has 1 fully saturated rings. The number of carbonyl (C=O) groups excluding carboxylic acids is 1. The number of hydrogen-bond donors (Lipinski definition) is 8. The molecule has 0 aromatic heterocycles. The third kappa shape index (κ3) is 21.2. The summed E-state index contributed by atoms with van der Waals surface area (Å²) in [6.45, 7) is 12.6. The topological polar surface area (TPSA) is 250 Å². The number of carbonyl (C=O) groups is 5. The van der Waals surface area contributed by atoms with E-state index in [4.69, 9.17) is 20.4 Å². The maximum absolute atomic E-state index is 12.2. The van der Waals surface area contributed by atoms with Gasteiger partial charge in [0.05, 0.1) is 42.7 Å². The Bertz CT molecular complexity index is 908. The number of rotatable bonds is 7. The van der Waals surface area contributed by atoms with Crippen LogP contribution in [0.4, 0.5) is 0 Å². The van der Waals surface area contributed by atoms with Crippen LogP contribution < -0.4 is 0 Å². The van der Waals surface area contributed by atoms with Gasteiger partial charge >= 0.3 is 23.9 Å². The molecule has 0 spiro atoms. The summed E-state index contributed by atoms with van der Waals surface area (Å²) in [5.74, 6) is -4.19. The number of likely N-dealkylation sites (tertiary alicyclic amines) is 1. The van der Waals surface area contributed by atoms with Gasteiger partial charge in [-0.3, -0.25) is 24.0 Å². The van der Waals surface area contributed by atoms with Crippen molar-refractivity contribution < 1.29 is 64.8 Å². The molecular weight excluding hydrogens is 582 g/mol. The first-order valence-electron chi connectivity index (χ1n) is 14.0. The van der Waals surface area contributed by atoms with Gasteiger partial charge < -0.3 is 45.8 Å². The molecule has 1 amide bonds. The smallest absolute Gasteiger partial charge is 0.305 e. The Hall–Kier alpha value is -3.59. The molecule has 0 aliphatic carbocycles. The van der Waals surface area contributed by atoms with E-state index in [9.17, 15) is 44.4 Å². The number of β-amino-alcohol motifs (C(OH)–C–C–N with tert-alkyl or cyclic N) is 1. The molecule has 1 unspecified atom stereocenters. The van der Waals surface area contributed by atoms with Gasteiger partial charge in [0, 0.05) is 6.54 Å². The second kappa shape index (κ2) is 23.8. The minimum Gasteiger partial charge on any atom is -0.481 e. The van der Waals surface area contributed by atoms with Crippen LogP contribution in [0.3, 0.4) is 0 Å². The average Bonchev–Trinajstić information content (AvgIpc) is 2.93. The molecule has 1 aromatic carbocycles. The lowest BCUT2D eigenvalue weighted by atomic mass is 9.93. The first-order valence-corrected chi connectivity index (χ1v) is 14.0. The fraction of sp³-hybridized carbons (Fsp3) is 0.633. The molecular formula is C30H51NO13. The van der Waals surface area contributed by atoms with Crippen LogP contribution in [0, 0.1) is 23.7 Å². The van der Waals surface area contributed by atoms with Gasteiger partial charge in [0.1, 0.15) is 18.3 Å². The number of aliphatic hydroxyl groups excluding tert-OH is 4. The van der Waals surface area contributed by atoms with E-state index in [-0.39, 0.29) is 42.5 Å². The van der Waals surface area contributed by atoms with Crippen molar-refractivity contribution >= 4 is 29.8 Å². The highest BCUT2D eigenvalue weighted by Crippen LogP contribution is 2.20.